The van der Waals surface area contributed by atoms with Crippen molar-refractivity contribution in [2.24, 2.45) is 5.92 Å². The van der Waals surface area contributed by atoms with E-state index in [1.807, 2.05) is 6.92 Å². The van der Waals surface area contributed by atoms with Crippen LogP contribution in [-0.2, 0) is 17.4 Å². The Morgan fingerprint density at radius 1 is 1.10 bits per heavy atom. The summed E-state index contributed by atoms with van der Waals surface area (Å²) in [6.07, 6.45) is -4.56. The molecular weight excluding hydrogens is 529 g/mol. The van der Waals surface area contributed by atoms with Crippen LogP contribution >= 0.6 is 0 Å². The lowest BCUT2D eigenvalue weighted by Crippen LogP contribution is -2.54. The molecule has 14 heteroatoms. The Hall–Kier alpha value is -3.29. The highest BCUT2D eigenvalue weighted by atomic mass is 19.4. The third-order valence-corrected chi connectivity index (χ3v) is 6.87. The van der Waals surface area contributed by atoms with Gasteiger partial charge in [0, 0.05) is 58.8 Å². The van der Waals surface area contributed by atoms with Crippen molar-refractivity contribution >= 4 is 23.5 Å². The van der Waals surface area contributed by atoms with Crippen molar-refractivity contribution in [3.8, 4) is 0 Å². The Labute approximate surface area is 221 Å². The molecule has 2 atom stereocenters. The third-order valence-electron chi connectivity index (χ3n) is 6.87. The zero-order valence-electron chi connectivity index (χ0n) is 21.5. The second-order valence-corrected chi connectivity index (χ2v) is 10.2. The summed E-state index contributed by atoms with van der Waals surface area (Å²) in [7, 11) is 0. The molecule has 9 nitrogen and oxygen atoms in total. The molecule has 2 aliphatic heterocycles. The standard InChI is InChI=1S/C25H30F5N5O4/c1-15-4-3-7-35(14-15)23-32-20(25(28,29)30)19(39-23)17(36)12-16-5-6-18(31-13-16)33-8-10-34(11-9-33)22(38)21(37)24(2,26)27/h5-6,13,15,21,37H,3-4,7-12,14H2,1-2H3. The number of oxazole rings is 1. The predicted molar refractivity (Wildman–Crippen MR) is 130 cm³/mol. The van der Waals surface area contributed by atoms with E-state index in [1.54, 1.807) is 21.9 Å². The minimum Gasteiger partial charge on any atom is -0.420 e. The fraction of sp³-hybridized carbons (Fsp3) is 0.600. The summed E-state index contributed by atoms with van der Waals surface area (Å²) in [5.41, 5.74) is -0.979. The lowest BCUT2D eigenvalue weighted by Gasteiger charge is -2.36. The zero-order valence-corrected chi connectivity index (χ0v) is 21.5. The Morgan fingerprint density at radius 3 is 2.36 bits per heavy atom. The number of hydrogen-bond donors (Lipinski definition) is 1. The van der Waals surface area contributed by atoms with Crippen LogP contribution in [0, 0.1) is 5.92 Å². The van der Waals surface area contributed by atoms with Crippen molar-refractivity contribution in [2.45, 2.75) is 51.3 Å². The number of pyridine rings is 1. The van der Waals surface area contributed by atoms with Gasteiger partial charge in [-0.15, -0.1) is 0 Å². The Bertz CT molecular complexity index is 1170. The van der Waals surface area contributed by atoms with Crippen LogP contribution in [-0.4, -0.2) is 83.0 Å². The number of carbonyl (C=O) groups is 2. The van der Waals surface area contributed by atoms with E-state index in [4.69, 9.17) is 4.42 Å². The lowest BCUT2D eigenvalue weighted by molar-refractivity contribution is -0.161. The molecule has 0 bridgehead atoms. The molecule has 0 aliphatic carbocycles. The molecule has 4 heterocycles. The van der Waals surface area contributed by atoms with Gasteiger partial charge in [-0.2, -0.15) is 18.2 Å². The molecule has 1 N–H and O–H groups in total. The molecule has 2 aromatic rings. The maximum atomic E-state index is 13.7. The summed E-state index contributed by atoms with van der Waals surface area (Å²) in [5, 5.41) is 9.54. The van der Waals surface area contributed by atoms with Crippen LogP contribution in [0.25, 0.3) is 0 Å². The number of aliphatic hydroxyl groups excluding tert-OH is 1. The van der Waals surface area contributed by atoms with Gasteiger partial charge in [0.1, 0.15) is 5.82 Å². The van der Waals surface area contributed by atoms with E-state index >= 15 is 0 Å². The second kappa shape index (κ2) is 11.1. The second-order valence-electron chi connectivity index (χ2n) is 10.2. The van der Waals surface area contributed by atoms with Crippen LogP contribution in [0.5, 0.6) is 0 Å². The molecule has 2 aliphatic rings. The number of halogens is 5. The van der Waals surface area contributed by atoms with E-state index in [0.29, 0.717) is 31.4 Å². The summed E-state index contributed by atoms with van der Waals surface area (Å²) in [6.45, 7) is 4.17. The van der Waals surface area contributed by atoms with Crippen LogP contribution in [0.3, 0.4) is 0 Å². The maximum Gasteiger partial charge on any atom is 0.437 e. The van der Waals surface area contributed by atoms with E-state index in [9.17, 15) is 36.6 Å². The van der Waals surface area contributed by atoms with Crippen LogP contribution in [0.15, 0.2) is 22.7 Å². The number of Topliss-reactive ketones (excluding diaryl/α,β-unsaturated/α-hetero) is 1. The molecule has 2 unspecified atom stereocenters. The quantitative estimate of drug-likeness (QED) is 0.407. The van der Waals surface area contributed by atoms with Gasteiger partial charge in [0.15, 0.2) is 11.8 Å². The summed E-state index contributed by atoms with van der Waals surface area (Å²) >= 11 is 0. The van der Waals surface area contributed by atoms with Crippen LogP contribution < -0.4 is 9.80 Å². The van der Waals surface area contributed by atoms with E-state index in [-0.39, 0.29) is 44.5 Å². The van der Waals surface area contributed by atoms with Gasteiger partial charge in [-0.25, -0.2) is 13.8 Å². The van der Waals surface area contributed by atoms with Crippen molar-refractivity contribution in [1.82, 2.24) is 14.9 Å². The number of hydrogen-bond acceptors (Lipinski definition) is 8. The molecule has 4 rings (SSSR count). The fourth-order valence-electron chi connectivity index (χ4n) is 4.71. The zero-order chi connectivity index (χ0) is 28.5. The minimum atomic E-state index is -4.86. The van der Waals surface area contributed by atoms with Crippen molar-refractivity contribution in [3.05, 3.63) is 35.3 Å². The highest BCUT2D eigenvalue weighted by Crippen LogP contribution is 2.35. The predicted octanol–water partition coefficient (Wildman–Crippen LogP) is 3.41. The van der Waals surface area contributed by atoms with Gasteiger partial charge in [-0.1, -0.05) is 13.0 Å². The lowest BCUT2D eigenvalue weighted by atomic mass is 10.0. The van der Waals surface area contributed by atoms with Gasteiger partial charge in [0.05, 0.1) is 0 Å². The number of carbonyl (C=O) groups excluding carboxylic acids is 2. The van der Waals surface area contributed by atoms with Crippen LogP contribution in [0.2, 0.25) is 0 Å². The van der Waals surface area contributed by atoms with E-state index in [1.165, 1.54) is 6.20 Å². The Balaban J connectivity index is 1.40. The van der Waals surface area contributed by atoms with Crippen molar-refractivity contribution < 1.29 is 41.1 Å². The maximum absolute atomic E-state index is 13.7. The number of amides is 1. The topological polar surface area (TPSA) is 103 Å². The molecule has 2 fully saturated rings. The molecule has 0 aromatic carbocycles. The first-order chi connectivity index (χ1) is 18.2. The molecule has 39 heavy (non-hydrogen) atoms. The summed E-state index contributed by atoms with van der Waals surface area (Å²) < 4.78 is 72.9. The average Bonchev–Trinajstić information content (AvgIpc) is 3.35. The van der Waals surface area contributed by atoms with E-state index in [2.05, 4.69) is 9.97 Å². The first-order valence-corrected chi connectivity index (χ1v) is 12.6. The smallest absolute Gasteiger partial charge is 0.420 e. The number of piperazine rings is 1. The normalized spacial score (nSPS) is 19.8. The Kier molecular flexibility index (Phi) is 8.14. The first kappa shape index (κ1) is 28.7. The van der Waals surface area contributed by atoms with Gasteiger partial charge in [0.2, 0.25) is 11.5 Å². The van der Waals surface area contributed by atoms with Gasteiger partial charge in [-0.05, 0) is 30.4 Å². The highest BCUT2D eigenvalue weighted by molar-refractivity contribution is 5.96. The largest absolute Gasteiger partial charge is 0.437 e. The number of anilines is 2. The molecular formula is C25H30F5N5O4. The SMILES string of the molecule is CC1CCCN(c2nc(C(F)(F)F)c(C(=O)Cc3ccc(N4CCN(C(=O)C(O)C(C)(F)F)CC4)nc3)o2)C1. The van der Waals surface area contributed by atoms with Gasteiger partial charge >= 0.3 is 6.18 Å². The van der Waals surface area contributed by atoms with Crippen molar-refractivity contribution in [3.63, 3.8) is 0 Å². The first-order valence-electron chi connectivity index (χ1n) is 12.6. The number of nitrogens with zero attached hydrogens (tertiary/aromatic N) is 5. The fourth-order valence-corrected chi connectivity index (χ4v) is 4.71. The molecule has 0 spiro atoms. The summed E-state index contributed by atoms with van der Waals surface area (Å²) in [4.78, 5) is 37.4. The minimum absolute atomic E-state index is 0.0950. The van der Waals surface area contributed by atoms with E-state index in [0.717, 1.165) is 17.7 Å². The summed E-state index contributed by atoms with van der Waals surface area (Å²) in [5.74, 6) is -5.56. The molecule has 1 amide bonds. The van der Waals surface area contributed by atoms with Crippen molar-refractivity contribution in [2.75, 3.05) is 49.1 Å². The molecule has 0 saturated carbocycles. The molecule has 0 radical (unpaired) electrons. The number of ketones is 1. The van der Waals surface area contributed by atoms with Gasteiger partial charge < -0.3 is 24.2 Å². The Morgan fingerprint density at radius 2 is 1.79 bits per heavy atom. The van der Waals surface area contributed by atoms with Crippen LogP contribution in [0.1, 0.15) is 48.5 Å². The highest BCUT2D eigenvalue weighted by Gasteiger charge is 2.42. The third kappa shape index (κ3) is 6.65. The number of rotatable bonds is 7. The van der Waals surface area contributed by atoms with E-state index < -0.39 is 41.3 Å². The van der Waals surface area contributed by atoms with Gasteiger partial charge in [0.25, 0.3) is 17.8 Å². The average molecular weight is 560 g/mol. The molecule has 2 aromatic heterocycles. The summed E-state index contributed by atoms with van der Waals surface area (Å²) in [6, 6.07) is 2.93. The molecule has 214 valence electrons. The number of aliphatic hydroxyl groups is 1. The monoisotopic (exact) mass is 559 g/mol. The van der Waals surface area contributed by atoms with Crippen LogP contribution in [0.4, 0.5) is 33.8 Å². The number of piperidine rings is 1. The molecule has 2 saturated heterocycles. The van der Waals surface area contributed by atoms with Crippen molar-refractivity contribution in [1.29, 1.82) is 0 Å². The number of aromatic nitrogens is 2. The number of alkyl halides is 5. The van der Waals surface area contributed by atoms with Gasteiger partial charge in [-0.3, -0.25) is 9.59 Å².